The van der Waals surface area contributed by atoms with Crippen LogP contribution in [0.25, 0.3) is 6.08 Å². The summed E-state index contributed by atoms with van der Waals surface area (Å²) in [6, 6.07) is 13.0. The van der Waals surface area contributed by atoms with Gasteiger partial charge in [-0.05, 0) is 55.8 Å². The lowest BCUT2D eigenvalue weighted by Crippen LogP contribution is -1.98. The zero-order chi connectivity index (χ0) is 17.1. The van der Waals surface area contributed by atoms with Crippen molar-refractivity contribution >= 4 is 27.8 Å². The molecule has 122 valence electrons. The molecule has 2 aromatic rings. The average molecular weight is 385 g/mol. The first-order valence-electron chi connectivity index (χ1n) is 7.63. The predicted octanol–water partition coefficient (Wildman–Crippen LogP) is 5.41. The smallest absolute Gasteiger partial charge is 0.231 e. The lowest BCUT2D eigenvalue weighted by molar-refractivity contribution is 0.101. The van der Waals surface area contributed by atoms with Crippen LogP contribution < -0.4 is 9.47 Å². The summed E-state index contributed by atoms with van der Waals surface area (Å²) in [7, 11) is 0. The normalized spacial score (nSPS) is 14.3. The Morgan fingerprint density at radius 3 is 2.79 bits per heavy atom. The van der Waals surface area contributed by atoms with Crippen molar-refractivity contribution in [2.45, 2.75) is 13.8 Å². The lowest BCUT2D eigenvalue weighted by atomic mass is 10.1. The van der Waals surface area contributed by atoms with Crippen LogP contribution in [0, 0.1) is 0 Å². The van der Waals surface area contributed by atoms with Crippen molar-refractivity contribution in [1.29, 1.82) is 0 Å². The molecular weight excluding hydrogens is 368 g/mol. The molecule has 0 fully saturated rings. The van der Waals surface area contributed by atoms with Crippen LogP contribution in [0.5, 0.6) is 11.5 Å². The highest BCUT2D eigenvalue weighted by atomic mass is 79.9. The van der Waals surface area contributed by atoms with Crippen LogP contribution in [0.3, 0.4) is 0 Å². The molecule has 1 aliphatic rings. The maximum atomic E-state index is 12.4. The first kappa shape index (κ1) is 16.5. The summed E-state index contributed by atoms with van der Waals surface area (Å²) in [4.78, 5) is 12.4. The maximum Gasteiger partial charge on any atom is 0.231 e. The first-order valence-corrected chi connectivity index (χ1v) is 8.42. The highest BCUT2D eigenvalue weighted by molar-refractivity contribution is 9.10. The maximum absolute atomic E-state index is 12.4. The molecule has 0 unspecified atom stereocenters. The lowest BCUT2D eigenvalue weighted by Gasteiger charge is -2.05. The molecule has 0 atom stereocenters. The van der Waals surface area contributed by atoms with Gasteiger partial charge in [-0.15, -0.1) is 0 Å². The third kappa shape index (κ3) is 3.77. The quantitative estimate of drug-likeness (QED) is 0.522. The topological polar surface area (TPSA) is 35.5 Å². The van der Waals surface area contributed by atoms with E-state index in [1.54, 1.807) is 24.3 Å². The molecule has 3 nitrogen and oxygen atoms in total. The van der Waals surface area contributed by atoms with Gasteiger partial charge < -0.3 is 9.47 Å². The molecule has 0 N–H and O–H groups in total. The fourth-order valence-electron chi connectivity index (χ4n) is 2.31. The summed E-state index contributed by atoms with van der Waals surface area (Å²) < 4.78 is 12.3. The molecule has 24 heavy (non-hydrogen) atoms. The van der Waals surface area contributed by atoms with Crippen LogP contribution in [-0.2, 0) is 0 Å². The van der Waals surface area contributed by atoms with E-state index >= 15 is 0 Å². The van der Waals surface area contributed by atoms with E-state index in [-0.39, 0.29) is 5.78 Å². The van der Waals surface area contributed by atoms with E-state index in [4.69, 9.17) is 9.47 Å². The fraction of sp³-hybridized carbons (Fsp3) is 0.150. The van der Waals surface area contributed by atoms with Crippen LogP contribution >= 0.6 is 15.9 Å². The van der Waals surface area contributed by atoms with E-state index in [9.17, 15) is 4.79 Å². The molecule has 4 heteroatoms. The van der Waals surface area contributed by atoms with Crippen LogP contribution in [0.1, 0.15) is 29.8 Å². The van der Waals surface area contributed by atoms with E-state index in [1.807, 2.05) is 44.2 Å². The van der Waals surface area contributed by atoms with Crippen LogP contribution in [0.15, 0.2) is 64.3 Å². The summed E-state index contributed by atoms with van der Waals surface area (Å²) in [6.45, 7) is 4.54. The van der Waals surface area contributed by atoms with E-state index < -0.39 is 0 Å². The van der Waals surface area contributed by atoms with Crippen molar-refractivity contribution < 1.29 is 14.3 Å². The standard InChI is InChI=1S/C20H17BrO3/c1-13(2)8-9-23-16-6-7-17-18(12-16)24-19(20(17)22)11-14-4-3-5-15(21)10-14/h3-8,10-12H,9H2,1-2H3/b19-11-. The van der Waals surface area contributed by atoms with Gasteiger partial charge >= 0.3 is 0 Å². The molecule has 0 amide bonds. The minimum Gasteiger partial charge on any atom is -0.489 e. The number of fused-ring (bicyclic) bond motifs is 1. The third-order valence-electron chi connectivity index (χ3n) is 3.53. The second-order valence-corrected chi connectivity index (χ2v) is 6.66. The third-order valence-corrected chi connectivity index (χ3v) is 4.02. The molecule has 2 aromatic carbocycles. The SMILES string of the molecule is CC(C)=CCOc1ccc2c(c1)O/C(=C\c1cccc(Br)c1)C2=O. The molecule has 0 aromatic heterocycles. The Balaban J connectivity index is 1.81. The number of Topliss-reactive ketones (excluding diaryl/α,β-unsaturated/α-hetero) is 1. The molecule has 3 rings (SSSR count). The molecule has 0 saturated heterocycles. The number of hydrogen-bond donors (Lipinski definition) is 0. The highest BCUT2D eigenvalue weighted by Crippen LogP contribution is 2.35. The van der Waals surface area contributed by atoms with Crippen molar-refractivity contribution in [1.82, 2.24) is 0 Å². The number of ether oxygens (including phenoxy) is 2. The van der Waals surface area contributed by atoms with Gasteiger partial charge in [-0.3, -0.25) is 4.79 Å². The van der Waals surface area contributed by atoms with Crippen LogP contribution in [0.2, 0.25) is 0 Å². The number of ketones is 1. The second kappa shape index (κ2) is 7.05. The van der Waals surface area contributed by atoms with Crippen LogP contribution in [0.4, 0.5) is 0 Å². The Kier molecular flexibility index (Phi) is 4.86. The van der Waals surface area contributed by atoms with Gasteiger partial charge in [0.2, 0.25) is 5.78 Å². The Hall–Kier alpha value is -2.33. The molecule has 0 spiro atoms. The van der Waals surface area contributed by atoms with Crippen molar-refractivity contribution in [3.8, 4) is 11.5 Å². The number of benzene rings is 2. The van der Waals surface area contributed by atoms with Crippen molar-refractivity contribution in [2.75, 3.05) is 6.61 Å². The summed E-state index contributed by atoms with van der Waals surface area (Å²) in [6.07, 6.45) is 3.74. The zero-order valence-electron chi connectivity index (χ0n) is 13.5. The van der Waals surface area contributed by atoms with Gasteiger partial charge in [0.1, 0.15) is 18.1 Å². The molecule has 0 bridgehead atoms. The Bertz CT molecular complexity index is 846. The van der Waals surface area contributed by atoms with Gasteiger partial charge in [0.15, 0.2) is 5.76 Å². The van der Waals surface area contributed by atoms with Crippen molar-refractivity contribution in [3.05, 3.63) is 75.5 Å². The van der Waals surface area contributed by atoms with Crippen molar-refractivity contribution in [3.63, 3.8) is 0 Å². The monoisotopic (exact) mass is 384 g/mol. The predicted molar refractivity (Wildman–Crippen MR) is 98.4 cm³/mol. The number of rotatable bonds is 4. The number of allylic oxidation sites excluding steroid dienone is 2. The summed E-state index contributed by atoms with van der Waals surface area (Å²) >= 11 is 3.42. The minimum atomic E-state index is -0.110. The highest BCUT2D eigenvalue weighted by Gasteiger charge is 2.27. The molecule has 1 heterocycles. The molecule has 0 radical (unpaired) electrons. The molecule has 0 aliphatic carbocycles. The number of carbonyl (C=O) groups excluding carboxylic acids is 1. The molecule has 1 aliphatic heterocycles. The Morgan fingerprint density at radius 1 is 1.21 bits per heavy atom. The van der Waals surface area contributed by atoms with Gasteiger partial charge in [-0.25, -0.2) is 0 Å². The van der Waals surface area contributed by atoms with Gasteiger partial charge in [-0.1, -0.05) is 33.6 Å². The largest absolute Gasteiger partial charge is 0.489 e. The van der Waals surface area contributed by atoms with E-state index in [2.05, 4.69) is 15.9 Å². The van der Waals surface area contributed by atoms with Gasteiger partial charge in [-0.2, -0.15) is 0 Å². The minimum absolute atomic E-state index is 0.110. The average Bonchev–Trinajstić information content (AvgIpc) is 2.83. The molecule has 0 saturated carbocycles. The van der Waals surface area contributed by atoms with Gasteiger partial charge in [0.05, 0.1) is 5.56 Å². The number of halogens is 1. The molecular formula is C20H17BrO3. The summed E-state index contributed by atoms with van der Waals surface area (Å²) in [5.41, 5.74) is 2.66. The van der Waals surface area contributed by atoms with Crippen molar-refractivity contribution in [2.24, 2.45) is 0 Å². The van der Waals surface area contributed by atoms with E-state index in [1.165, 1.54) is 5.57 Å². The van der Waals surface area contributed by atoms with Gasteiger partial charge in [0.25, 0.3) is 0 Å². The van der Waals surface area contributed by atoms with E-state index in [0.29, 0.717) is 29.4 Å². The Labute approximate surface area is 149 Å². The summed E-state index contributed by atoms with van der Waals surface area (Å²) in [5, 5.41) is 0. The number of carbonyl (C=O) groups is 1. The first-order chi connectivity index (χ1) is 11.5. The van der Waals surface area contributed by atoms with Gasteiger partial charge in [0, 0.05) is 10.5 Å². The second-order valence-electron chi connectivity index (χ2n) is 5.75. The zero-order valence-corrected chi connectivity index (χ0v) is 15.1. The fourth-order valence-corrected chi connectivity index (χ4v) is 2.73. The summed E-state index contributed by atoms with van der Waals surface area (Å²) in [5.74, 6) is 1.43. The van der Waals surface area contributed by atoms with Crippen LogP contribution in [-0.4, -0.2) is 12.4 Å². The number of hydrogen-bond acceptors (Lipinski definition) is 3. The Morgan fingerprint density at radius 2 is 2.04 bits per heavy atom. The van der Waals surface area contributed by atoms with E-state index in [0.717, 1.165) is 10.0 Å².